The van der Waals surface area contributed by atoms with Gasteiger partial charge in [-0.2, -0.15) is 0 Å². The van der Waals surface area contributed by atoms with Gasteiger partial charge >= 0.3 is 0 Å². The molecule has 19 heavy (non-hydrogen) atoms. The van der Waals surface area contributed by atoms with Crippen LogP contribution in [0.3, 0.4) is 0 Å². The highest BCUT2D eigenvalue weighted by Crippen LogP contribution is 2.10. The van der Waals surface area contributed by atoms with Gasteiger partial charge in [-0.3, -0.25) is 9.59 Å². The van der Waals surface area contributed by atoms with Crippen LogP contribution >= 0.6 is 15.9 Å². The van der Waals surface area contributed by atoms with Crippen LogP contribution in [0.2, 0.25) is 0 Å². The number of nitrogens with one attached hydrogen (secondary N) is 2. The predicted molar refractivity (Wildman–Crippen MR) is 75.9 cm³/mol. The first-order valence-electron chi connectivity index (χ1n) is 6.19. The quantitative estimate of drug-likeness (QED) is 0.856. The van der Waals surface area contributed by atoms with E-state index in [2.05, 4.69) is 26.6 Å². The van der Waals surface area contributed by atoms with Crippen LogP contribution in [0.4, 0.5) is 0 Å². The van der Waals surface area contributed by atoms with Crippen molar-refractivity contribution in [2.75, 3.05) is 32.7 Å². The molecule has 2 rings (SSSR count). The van der Waals surface area contributed by atoms with Gasteiger partial charge in [0.1, 0.15) is 0 Å². The molecule has 6 heteroatoms. The molecular weight excluding hydrogens is 310 g/mol. The van der Waals surface area contributed by atoms with Crippen LogP contribution in [-0.2, 0) is 4.79 Å². The van der Waals surface area contributed by atoms with Gasteiger partial charge in [0, 0.05) is 36.2 Å². The van der Waals surface area contributed by atoms with Gasteiger partial charge in [0.25, 0.3) is 5.91 Å². The smallest absolute Gasteiger partial charge is 0.251 e. The fourth-order valence-corrected chi connectivity index (χ4v) is 2.15. The number of piperazine rings is 1. The Morgan fingerprint density at radius 2 is 1.84 bits per heavy atom. The highest BCUT2D eigenvalue weighted by molar-refractivity contribution is 9.10. The number of hydrogen-bond donors (Lipinski definition) is 2. The second-order valence-electron chi connectivity index (χ2n) is 4.32. The number of benzene rings is 1. The summed E-state index contributed by atoms with van der Waals surface area (Å²) in [5, 5.41) is 5.83. The minimum atomic E-state index is -0.226. The Morgan fingerprint density at radius 1 is 1.21 bits per heavy atom. The SMILES string of the molecule is O=C(NCC(=O)N1CCNCC1)c1ccc(Br)cc1. The predicted octanol–water partition coefficient (Wildman–Crippen LogP) is 0.611. The van der Waals surface area contributed by atoms with Gasteiger partial charge in [0.2, 0.25) is 5.91 Å². The van der Waals surface area contributed by atoms with Gasteiger partial charge in [-0.25, -0.2) is 0 Å². The molecule has 1 aromatic rings. The first-order chi connectivity index (χ1) is 9.16. The van der Waals surface area contributed by atoms with E-state index in [-0.39, 0.29) is 18.4 Å². The van der Waals surface area contributed by atoms with Crippen LogP contribution in [-0.4, -0.2) is 49.4 Å². The lowest BCUT2D eigenvalue weighted by atomic mass is 10.2. The van der Waals surface area contributed by atoms with E-state index < -0.39 is 0 Å². The first-order valence-corrected chi connectivity index (χ1v) is 6.98. The summed E-state index contributed by atoms with van der Waals surface area (Å²) in [6, 6.07) is 7.03. The molecule has 2 amide bonds. The molecule has 102 valence electrons. The average molecular weight is 326 g/mol. The van der Waals surface area contributed by atoms with Gasteiger partial charge in [0.15, 0.2) is 0 Å². The van der Waals surface area contributed by atoms with Crippen molar-refractivity contribution in [1.29, 1.82) is 0 Å². The van der Waals surface area contributed by atoms with Gasteiger partial charge in [0.05, 0.1) is 6.54 Å². The van der Waals surface area contributed by atoms with Crippen LogP contribution < -0.4 is 10.6 Å². The second kappa shape index (κ2) is 6.68. The molecular formula is C13H16BrN3O2. The Labute approximate surface area is 120 Å². The molecule has 1 heterocycles. The fraction of sp³-hybridized carbons (Fsp3) is 0.385. The Bertz CT molecular complexity index is 455. The molecule has 0 aliphatic carbocycles. The normalized spacial score (nSPS) is 15.1. The first kappa shape index (κ1) is 14.0. The molecule has 5 nitrogen and oxygen atoms in total. The summed E-state index contributed by atoms with van der Waals surface area (Å²) >= 11 is 3.31. The van der Waals surface area contributed by atoms with Gasteiger partial charge in [-0.1, -0.05) is 15.9 Å². The monoisotopic (exact) mass is 325 g/mol. The van der Waals surface area contributed by atoms with Crippen LogP contribution in [0.1, 0.15) is 10.4 Å². The van der Waals surface area contributed by atoms with Crippen molar-refractivity contribution < 1.29 is 9.59 Å². The maximum Gasteiger partial charge on any atom is 0.251 e. The zero-order valence-electron chi connectivity index (χ0n) is 10.5. The summed E-state index contributed by atoms with van der Waals surface area (Å²) in [4.78, 5) is 25.5. The minimum absolute atomic E-state index is 0.0352. The summed E-state index contributed by atoms with van der Waals surface area (Å²) in [6.07, 6.45) is 0. The van der Waals surface area contributed by atoms with Crippen LogP contribution in [0.15, 0.2) is 28.7 Å². The lowest BCUT2D eigenvalue weighted by Crippen LogP contribution is -2.49. The van der Waals surface area contributed by atoms with Crippen molar-refractivity contribution in [2.45, 2.75) is 0 Å². The molecule has 1 aliphatic heterocycles. The Balaban J connectivity index is 1.82. The van der Waals surface area contributed by atoms with Crippen molar-refractivity contribution in [2.24, 2.45) is 0 Å². The highest BCUT2D eigenvalue weighted by atomic mass is 79.9. The summed E-state index contributed by atoms with van der Waals surface area (Å²) in [6.45, 7) is 3.08. The van der Waals surface area contributed by atoms with Gasteiger partial charge < -0.3 is 15.5 Å². The van der Waals surface area contributed by atoms with Crippen molar-refractivity contribution in [3.63, 3.8) is 0 Å². The highest BCUT2D eigenvalue weighted by Gasteiger charge is 2.16. The number of carbonyl (C=O) groups excluding carboxylic acids is 2. The average Bonchev–Trinajstić information content (AvgIpc) is 2.46. The molecule has 0 atom stereocenters. The summed E-state index contributed by atoms with van der Waals surface area (Å²) in [5.74, 6) is -0.261. The second-order valence-corrected chi connectivity index (χ2v) is 5.24. The van der Waals surface area contributed by atoms with Crippen LogP contribution in [0.25, 0.3) is 0 Å². The number of rotatable bonds is 3. The fourth-order valence-electron chi connectivity index (χ4n) is 1.89. The molecule has 1 saturated heterocycles. The van der Waals surface area contributed by atoms with E-state index in [1.165, 1.54) is 0 Å². The van der Waals surface area contributed by atoms with E-state index in [4.69, 9.17) is 0 Å². The maximum absolute atomic E-state index is 11.9. The van der Waals surface area contributed by atoms with E-state index in [0.717, 1.165) is 17.6 Å². The van der Waals surface area contributed by atoms with Gasteiger partial charge in [-0.15, -0.1) is 0 Å². The summed E-state index contributed by atoms with van der Waals surface area (Å²) < 4.78 is 0.918. The molecule has 0 spiro atoms. The van der Waals surface area contributed by atoms with Crippen molar-refractivity contribution in [3.05, 3.63) is 34.3 Å². The number of halogens is 1. The largest absolute Gasteiger partial charge is 0.343 e. The maximum atomic E-state index is 11.9. The molecule has 0 aromatic heterocycles. The van der Waals surface area contributed by atoms with Crippen LogP contribution in [0, 0.1) is 0 Å². The number of amides is 2. The van der Waals surface area contributed by atoms with E-state index in [1.54, 1.807) is 29.2 Å². The molecule has 0 radical (unpaired) electrons. The minimum Gasteiger partial charge on any atom is -0.343 e. The van der Waals surface area contributed by atoms with Crippen LogP contribution in [0.5, 0.6) is 0 Å². The topological polar surface area (TPSA) is 61.4 Å². The lowest BCUT2D eigenvalue weighted by molar-refractivity contribution is -0.130. The Kier molecular flexibility index (Phi) is 4.93. The third kappa shape index (κ3) is 4.04. The standard InChI is InChI=1S/C13H16BrN3O2/c14-11-3-1-10(2-4-11)13(19)16-9-12(18)17-7-5-15-6-8-17/h1-4,15H,5-9H2,(H,16,19). The molecule has 2 N–H and O–H groups in total. The summed E-state index contributed by atoms with van der Waals surface area (Å²) in [5.41, 5.74) is 0.552. The molecule has 1 fully saturated rings. The van der Waals surface area contributed by atoms with E-state index in [0.29, 0.717) is 18.7 Å². The zero-order chi connectivity index (χ0) is 13.7. The number of carbonyl (C=O) groups is 2. The van der Waals surface area contributed by atoms with E-state index in [9.17, 15) is 9.59 Å². The molecule has 0 saturated carbocycles. The zero-order valence-corrected chi connectivity index (χ0v) is 12.1. The number of nitrogens with zero attached hydrogens (tertiary/aromatic N) is 1. The number of hydrogen-bond acceptors (Lipinski definition) is 3. The molecule has 1 aliphatic rings. The van der Waals surface area contributed by atoms with Crippen molar-refractivity contribution >= 4 is 27.7 Å². The Hall–Kier alpha value is -1.40. The van der Waals surface area contributed by atoms with Gasteiger partial charge in [-0.05, 0) is 24.3 Å². The third-order valence-electron chi connectivity index (χ3n) is 2.98. The lowest BCUT2D eigenvalue weighted by Gasteiger charge is -2.27. The van der Waals surface area contributed by atoms with E-state index >= 15 is 0 Å². The molecule has 1 aromatic carbocycles. The molecule has 0 unspecified atom stereocenters. The Morgan fingerprint density at radius 3 is 2.47 bits per heavy atom. The summed E-state index contributed by atoms with van der Waals surface area (Å²) in [7, 11) is 0. The molecule has 0 bridgehead atoms. The third-order valence-corrected chi connectivity index (χ3v) is 3.50. The van der Waals surface area contributed by atoms with Crippen molar-refractivity contribution in [1.82, 2.24) is 15.5 Å². The van der Waals surface area contributed by atoms with Crippen molar-refractivity contribution in [3.8, 4) is 0 Å². The van der Waals surface area contributed by atoms with E-state index in [1.807, 2.05) is 0 Å².